The van der Waals surface area contributed by atoms with Gasteiger partial charge in [0.05, 0.1) is 5.56 Å². The third kappa shape index (κ3) is 5.10. The molecule has 0 bridgehead atoms. The van der Waals surface area contributed by atoms with Gasteiger partial charge in [-0.1, -0.05) is 60.8 Å². The fourth-order valence-corrected chi connectivity index (χ4v) is 3.25. The smallest absolute Gasteiger partial charge is 0.390 e. The summed E-state index contributed by atoms with van der Waals surface area (Å²) in [4.78, 5) is 5.13. The quantitative estimate of drug-likeness (QED) is 0.461. The Labute approximate surface area is 151 Å². The Morgan fingerprint density at radius 2 is 1.58 bits per heavy atom. The Balaban J connectivity index is 1.49. The molecule has 0 heterocycles. The molecule has 0 spiro atoms. The molecule has 0 atom stereocenters. The van der Waals surface area contributed by atoms with Gasteiger partial charge in [0.2, 0.25) is 0 Å². The predicted octanol–water partition coefficient (Wildman–Crippen LogP) is 6.18. The Kier molecular flexibility index (Phi) is 5.96. The minimum atomic E-state index is -4.32. The van der Waals surface area contributed by atoms with Gasteiger partial charge in [0, 0.05) is 5.56 Å². The van der Waals surface area contributed by atoms with Crippen LogP contribution in [0.2, 0.25) is 0 Å². The summed E-state index contributed by atoms with van der Waals surface area (Å²) in [5.41, 5.74) is 2.13. The third-order valence-corrected chi connectivity index (χ3v) is 4.74. The first-order chi connectivity index (χ1) is 12.5. The molecule has 2 aromatic rings. The van der Waals surface area contributed by atoms with Crippen LogP contribution in [0, 0.1) is 0 Å². The van der Waals surface area contributed by atoms with Gasteiger partial charge in [-0.15, -0.1) is 0 Å². The number of nitrogens with zero attached hydrogens (tertiary/aromatic N) is 1. The van der Waals surface area contributed by atoms with Crippen LogP contribution in [0.15, 0.2) is 53.7 Å². The number of benzene rings is 2. The predicted molar refractivity (Wildman–Crippen MR) is 95.0 cm³/mol. The van der Waals surface area contributed by atoms with Gasteiger partial charge in [-0.2, -0.15) is 13.2 Å². The standard InChI is InChI=1S/C21H21F3NO/c22-21(23,24)20-12-8-17(9-13-20)15-26-25-14-16-6-10-19(11-7-16)18-4-2-1-3-5-18/h6-13,18H,1-5,15H2. The highest BCUT2D eigenvalue weighted by Crippen LogP contribution is 2.32. The number of alkyl halides is 3. The van der Waals surface area contributed by atoms with Gasteiger partial charge in [0.15, 0.2) is 0 Å². The van der Waals surface area contributed by atoms with Crippen LogP contribution in [0.1, 0.15) is 60.3 Å². The lowest BCUT2D eigenvalue weighted by molar-refractivity contribution is -0.137. The topological polar surface area (TPSA) is 21.6 Å². The minimum absolute atomic E-state index is 0.102. The summed E-state index contributed by atoms with van der Waals surface area (Å²) in [6.45, 7) is 0.102. The molecular weight excluding hydrogens is 339 g/mol. The van der Waals surface area contributed by atoms with Crippen LogP contribution in [-0.2, 0) is 17.6 Å². The Morgan fingerprint density at radius 1 is 0.923 bits per heavy atom. The molecule has 1 aliphatic carbocycles. The van der Waals surface area contributed by atoms with E-state index in [-0.39, 0.29) is 6.61 Å². The summed E-state index contributed by atoms with van der Waals surface area (Å²) < 4.78 is 37.5. The molecule has 1 saturated carbocycles. The highest BCUT2D eigenvalue weighted by molar-refractivity contribution is 5.79. The molecule has 26 heavy (non-hydrogen) atoms. The van der Waals surface area contributed by atoms with E-state index >= 15 is 0 Å². The monoisotopic (exact) mass is 360 g/mol. The van der Waals surface area contributed by atoms with E-state index in [4.69, 9.17) is 4.84 Å². The molecule has 0 saturated heterocycles. The van der Waals surface area contributed by atoms with Gasteiger partial charge >= 0.3 is 6.18 Å². The SMILES string of the molecule is FC(F)(F)c1ccc(CO/N=[C]\c2ccc(C3CCCCC3)cc2)cc1. The van der Waals surface area contributed by atoms with Gasteiger partial charge < -0.3 is 4.84 Å². The second kappa shape index (κ2) is 8.39. The van der Waals surface area contributed by atoms with Crippen LogP contribution in [0.25, 0.3) is 0 Å². The molecule has 0 aromatic heterocycles. The number of hydrogen-bond acceptors (Lipinski definition) is 2. The maximum atomic E-state index is 12.5. The van der Waals surface area contributed by atoms with E-state index < -0.39 is 11.7 Å². The van der Waals surface area contributed by atoms with E-state index in [1.54, 1.807) is 0 Å². The zero-order valence-electron chi connectivity index (χ0n) is 14.4. The first kappa shape index (κ1) is 18.5. The van der Waals surface area contributed by atoms with Crippen LogP contribution >= 0.6 is 0 Å². The van der Waals surface area contributed by atoms with Crippen molar-refractivity contribution in [2.45, 2.75) is 50.8 Å². The van der Waals surface area contributed by atoms with Crippen molar-refractivity contribution in [3.05, 3.63) is 70.8 Å². The molecule has 0 amide bonds. The van der Waals surface area contributed by atoms with Crippen LogP contribution in [0.4, 0.5) is 13.2 Å². The summed E-state index contributed by atoms with van der Waals surface area (Å²) in [5.74, 6) is 0.658. The second-order valence-corrected chi connectivity index (χ2v) is 6.63. The van der Waals surface area contributed by atoms with E-state index in [9.17, 15) is 13.2 Å². The lowest BCUT2D eigenvalue weighted by Gasteiger charge is -2.21. The number of hydrogen-bond donors (Lipinski definition) is 0. The molecule has 1 fully saturated rings. The minimum Gasteiger partial charge on any atom is -0.390 e. The van der Waals surface area contributed by atoms with E-state index in [0.717, 1.165) is 17.7 Å². The maximum Gasteiger partial charge on any atom is 0.416 e. The molecule has 5 heteroatoms. The Bertz CT molecular complexity index is 714. The zero-order valence-corrected chi connectivity index (χ0v) is 14.4. The molecule has 2 nitrogen and oxygen atoms in total. The lowest BCUT2D eigenvalue weighted by atomic mass is 9.84. The number of rotatable bonds is 5. The van der Waals surface area contributed by atoms with Gasteiger partial charge in [-0.3, -0.25) is 0 Å². The highest BCUT2D eigenvalue weighted by atomic mass is 19.4. The average molecular weight is 360 g/mol. The fourth-order valence-electron chi connectivity index (χ4n) is 3.25. The fraction of sp³-hybridized carbons (Fsp3) is 0.381. The van der Waals surface area contributed by atoms with Crippen molar-refractivity contribution in [2.75, 3.05) is 0 Å². The van der Waals surface area contributed by atoms with Gasteiger partial charge in [-0.05, 0) is 42.0 Å². The summed E-state index contributed by atoms with van der Waals surface area (Å²) in [5, 5.41) is 3.78. The van der Waals surface area contributed by atoms with Crippen molar-refractivity contribution in [2.24, 2.45) is 5.16 Å². The van der Waals surface area contributed by atoms with Crippen molar-refractivity contribution in [1.82, 2.24) is 0 Å². The molecule has 0 unspecified atom stereocenters. The van der Waals surface area contributed by atoms with E-state index in [2.05, 4.69) is 23.5 Å². The maximum absolute atomic E-state index is 12.5. The van der Waals surface area contributed by atoms with E-state index in [0.29, 0.717) is 11.5 Å². The molecule has 1 radical (unpaired) electrons. The van der Waals surface area contributed by atoms with Crippen molar-refractivity contribution in [3.8, 4) is 0 Å². The second-order valence-electron chi connectivity index (χ2n) is 6.63. The lowest BCUT2D eigenvalue weighted by Crippen LogP contribution is -2.04. The summed E-state index contributed by atoms with van der Waals surface area (Å²) >= 11 is 0. The van der Waals surface area contributed by atoms with Crippen LogP contribution in [0.5, 0.6) is 0 Å². The summed E-state index contributed by atoms with van der Waals surface area (Å²) in [7, 11) is 0. The van der Waals surface area contributed by atoms with Crippen LogP contribution < -0.4 is 0 Å². The van der Waals surface area contributed by atoms with Crippen molar-refractivity contribution in [1.29, 1.82) is 0 Å². The first-order valence-electron chi connectivity index (χ1n) is 8.86. The van der Waals surface area contributed by atoms with Crippen molar-refractivity contribution >= 4 is 6.21 Å². The van der Waals surface area contributed by atoms with Crippen LogP contribution in [-0.4, -0.2) is 6.21 Å². The molecule has 0 aliphatic heterocycles. The molecule has 137 valence electrons. The highest BCUT2D eigenvalue weighted by Gasteiger charge is 2.29. The molecule has 0 N–H and O–H groups in total. The summed E-state index contributed by atoms with van der Waals surface area (Å²) in [6.07, 6.45) is 4.94. The van der Waals surface area contributed by atoms with Crippen molar-refractivity contribution in [3.63, 3.8) is 0 Å². The molecule has 3 rings (SSSR count). The van der Waals surface area contributed by atoms with Crippen LogP contribution in [0.3, 0.4) is 0 Å². The Morgan fingerprint density at radius 3 is 2.19 bits per heavy atom. The number of halogens is 3. The normalized spacial score (nSPS) is 16.1. The van der Waals surface area contributed by atoms with E-state index in [1.165, 1.54) is 49.8 Å². The molecule has 2 aromatic carbocycles. The molecule has 1 aliphatic rings. The largest absolute Gasteiger partial charge is 0.416 e. The van der Waals surface area contributed by atoms with Gasteiger partial charge in [-0.25, -0.2) is 0 Å². The van der Waals surface area contributed by atoms with Gasteiger partial charge in [0.25, 0.3) is 0 Å². The summed E-state index contributed by atoms with van der Waals surface area (Å²) in [6, 6.07) is 13.0. The van der Waals surface area contributed by atoms with Crippen molar-refractivity contribution < 1.29 is 18.0 Å². The Hall–Kier alpha value is -2.30. The molecular formula is C21H21F3NO. The third-order valence-electron chi connectivity index (χ3n) is 4.74. The first-order valence-corrected chi connectivity index (χ1v) is 8.86. The average Bonchev–Trinajstić information content (AvgIpc) is 2.66. The zero-order chi connectivity index (χ0) is 18.4. The van der Waals surface area contributed by atoms with Gasteiger partial charge in [0.1, 0.15) is 12.8 Å². The van der Waals surface area contributed by atoms with E-state index in [1.807, 2.05) is 12.1 Å².